The van der Waals surface area contributed by atoms with Crippen LogP contribution in [0.4, 0.5) is 5.69 Å². The monoisotopic (exact) mass is 323 g/mol. The number of fused-ring (bicyclic) bond motifs is 2. The molecule has 23 heavy (non-hydrogen) atoms. The van der Waals surface area contributed by atoms with Gasteiger partial charge in [0.1, 0.15) is 0 Å². The van der Waals surface area contributed by atoms with Crippen molar-refractivity contribution in [3.8, 4) is 0 Å². The number of hydrogen-bond donors (Lipinski definition) is 1. The second kappa shape index (κ2) is 5.74. The van der Waals surface area contributed by atoms with E-state index in [1.807, 2.05) is 47.4 Å². The van der Waals surface area contributed by atoms with Crippen molar-refractivity contribution in [3.05, 3.63) is 54.1 Å². The maximum absolute atomic E-state index is 12.7. The third-order valence-electron chi connectivity index (χ3n) is 4.18. The molecule has 0 saturated carbocycles. The number of para-hydroxylation sites is 3. The van der Waals surface area contributed by atoms with E-state index in [-0.39, 0.29) is 11.9 Å². The zero-order valence-electron chi connectivity index (χ0n) is 12.8. The van der Waals surface area contributed by atoms with Gasteiger partial charge in [0.05, 0.1) is 16.8 Å². The molecule has 1 aliphatic rings. The molecule has 1 atom stereocenters. The highest BCUT2D eigenvalue weighted by molar-refractivity contribution is 7.99. The summed E-state index contributed by atoms with van der Waals surface area (Å²) in [5.41, 5.74) is 4.24. The summed E-state index contributed by atoms with van der Waals surface area (Å²) in [5, 5.41) is 0.791. The molecule has 4 rings (SSSR count). The first-order valence-electron chi connectivity index (χ1n) is 7.70. The molecule has 2 aromatic carbocycles. The minimum Gasteiger partial charge on any atom is -0.333 e. The number of hydrogen-bond acceptors (Lipinski definition) is 3. The molecule has 116 valence electrons. The van der Waals surface area contributed by atoms with E-state index in [0.29, 0.717) is 5.75 Å². The smallest absolute Gasteiger partial charge is 0.237 e. The first-order valence-corrected chi connectivity index (χ1v) is 8.68. The molecule has 1 amide bonds. The van der Waals surface area contributed by atoms with Gasteiger partial charge < -0.3 is 9.88 Å². The number of imidazole rings is 1. The number of rotatable bonds is 3. The number of nitrogens with zero attached hydrogens (tertiary/aromatic N) is 2. The Morgan fingerprint density at radius 1 is 1.26 bits per heavy atom. The third kappa shape index (κ3) is 2.61. The fourth-order valence-electron chi connectivity index (χ4n) is 3.14. The van der Waals surface area contributed by atoms with Crippen LogP contribution in [-0.4, -0.2) is 27.7 Å². The number of aromatic amines is 1. The van der Waals surface area contributed by atoms with Crippen LogP contribution in [0.15, 0.2) is 53.7 Å². The number of anilines is 1. The average molecular weight is 323 g/mol. The molecule has 0 saturated heterocycles. The largest absolute Gasteiger partial charge is 0.333 e. The van der Waals surface area contributed by atoms with Crippen LogP contribution in [0.1, 0.15) is 12.5 Å². The van der Waals surface area contributed by atoms with Gasteiger partial charge in [0, 0.05) is 11.7 Å². The summed E-state index contributed by atoms with van der Waals surface area (Å²) in [6, 6.07) is 16.3. The predicted molar refractivity (Wildman–Crippen MR) is 93.9 cm³/mol. The minimum absolute atomic E-state index is 0.132. The normalized spacial score (nSPS) is 16.7. The van der Waals surface area contributed by atoms with Gasteiger partial charge >= 0.3 is 0 Å². The van der Waals surface area contributed by atoms with Gasteiger partial charge in [-0.1, -0.05) is 42.1 Å². The van der Waals surface area contributed by atoms with Crippen LogP contribution >= 0.6 is 11.8 Å². The van der Waals surface area contributed by atoms with Gasteiger partial charge in [0.25, 0.3) is 0 Å². The molecule has 4 nitrogen and oxygen atoms in total. The van der Waals surface area contributed by atoms with Gasteiger partial charge in [-0.25, -0.2) is 4.98 Å². The minimum atomic E-state index is 0.132. The zero-order valence-corrected chi connectivity index (χ0v) is 13.6. The summed E-state index contributed by atoms with van der Waals surface area (Å²) < 4.78 is 0. The quantitative estimate of drug-likeness (QED) is 0.749. The van der Waals surface area contributed by atoms with Crippen LogP contribution < -0.4 is 4.90 Å². The predicted octanol–water partition coefficient (Wildman–Crippen LogP) is 3.63. The van der Waals surface area contributed by atoms with Gasteiger partial charge in [0.2, 0.25) is 5.91 Å². The summed E-state index contributed by atoms with van der Waals surface area (Å²) in [7, 11) is 0. The van der Waals surface area contributed by atoms with Crippen molar-refractivity contribution < 1.29 is 4.79 Å². The Labute approximate surface area is 138 Å². The molecule has 2 heterocycles. The lowest BCUT2D eigenvalue weighted by atomic mass is 10.1. The zero-order chi connectivity index (χ0) is 15.8. The Kier molecular flexibility index (Phi) is 3.58. The van der Waals surface area contributed by atoms with Crippen molar-refractivity contribution in [2.75, 3.05) is 10.7 Å². The average Bonchev–Trinajstić information content (AvgIpc) is 3.12. The number of carbonyl (C=O) groups excluding carboxylic acids is 1. The van der Waals surface area contributed by atoms with Gasteiger partial charge in [0.15, 0.2) is 5.16 Å². The highest BCUT2D eigenvalue weighted by atomic mass is 32.2. The van der Waals surface area contributed by atoms with Crippen LogP contribution in [0, 0.1) is 0 Å². The van der Waals surface area contributed by atoms with E-state index in [1.54, 1.807) is 0 Å². The fourth-order valence-corrected chi connectivity index (χ4v) is 3.89. The molecular weight excluding hydrogens is 306 g/mol. The Bertz CT molecular complexity index is 840. The number of thioether (sulfide) groups is 1. The van der Waals surface area contributed by atoms with E-state index in [1.165, 1.54) is 17.3 Å². The first kappa shape index (κ1) is 14.3. The maximum Gasteiger partial charge on any atom is 0.237 e. The van der Waals surface area contributed by atoms with E-state index in [9.17, 15) is 4.79 Å². The Balaban J connectivity index is 1.50. The van der Waals surface area contributed by atoms with Crippen molar-refractivity contribution in [3.63, 3.8) is 0 Å². The van der Waals surface area contributed by atoms with Crippen molar-refractivity contribution in [1.29, 1.82) is 0 Å². The summed E-state index contributed by atoms with van der Waals surface area (Å²) in [6.07, 6.45) is 0.928. The number of benzene rings is 2. The van der Waals surface area contributed by atoms with E-state index in [2.05, 4.69) is 23.0 Å². The third-order valence-corrected chi connectivity index (χ3v) is 5.03. The molecule has 0 aliphatic carbocycles. The van der Waals surface area contributed by atoms with Crippen LogP contribution in [0.5, 0.6) is 0 Å². The van der Waals surface area contributed by atoms with E-state index < -0.39 is 0 Å². The summed E-state index contributed by atoms with van der Waals surface area (Å²) >= 11 is 1.46. The second-order valence-corrected chi connectivity index (χ2v) is 6.76. The van der Waals surface area contributed by atoms with Gasteiger partial charge in [-0.05, 0) is 37.1 Å². The molecule has 0 fully saturated rings. The fraction of sp³-hybridized carbons (Fsp3) is 0.222. The molecule has 0 bridgehead atoms. The molecule has 3 aromatic rings. The topological polar surface area (TPSA) is 49.0 Å². The van der Waals surface area contributed by atoms with E-state index >= 15 is 0 Å². The van der Waals surface area contributed by atoms with Crippen molar-refractivity contribution >= 4 is 34.4 Å². The first-order chi connectivity index (χ1) is 11.2. The van der Waals surface area contributed by atoms with Crippen LogP contribution in [-0.2, 0) is 11.2 Å². The molecule has 1 aromatic heterocycles. The molecule has 0 spiro atoms. The standard InChI is InChI=1S/C18H17N3OS/c1-12-10-13-6-2-5-9-16(13)21(12)17(22)11-23-18-19-14-7-3-4-8-15(14)20-18/h2-9,12H,10-11H2,1H3,(H,19,20)/t12-/m0/s1. The van der Waals surface area contributed by atoms with Gasteiger partial charge in [-0.15, -0.1) is 0 Å². The molecule has 1 N–H and O–H groups in total. The molecule has 5 heteroatoms. The van der Waals surface area contributed by atoms with Crippen molar-refractivity contribution in [2.24, 2.45) is 0 Å². The molecular formula is C18H17N3OS. The number of amides is 1. The lowest BCUT2D eigenvalue weighted by molar-refractivity contribution is -0.116. The van der Waals surface area contributed by atoms with E-state index in [4.69, 9.17) is 0 Å². The SMILES string of the molecule is C[C@H]1Cc2ccccc2N1C(=O)CSc1nc2ccccc2[nH]1. The van der Waals surface area contributed by atoms with Crippen LogP contribution in [0.2, 0.25) is 0 Å². The summed E-state index contributed by atoms with van der Waals surface area (Å²) in [4.78, 5) is 22.4. The lowest BCUT2D eigenvalue weighted by Crippen LogP contribution is -2.36. The number of nitrogens with one attached hydrogen (secondary N) is 1. The molecule has 0 unspecified atom stereocenters. The highest BCUT2D eigenvalue weighted by Gasteiger charge is 2.30. The molecule has 0 radical (unpaired) electrons. The van der Waals surface area contributed by atoms with Crippen LogP contribution in [0.25, 0.3) is 11.0 Å². The summed E-state index contributed by atoms with van der Waals surface area (Å²) in [6.45, 7) is 2.10. The summed E-state index contributed by atoms with van der Waals surface area (Å²) in [5.74, 6) is 0.520. The Morgan fingerprint density at radius 3 is 2.91 bits per heavy atom. The molecule has 1 aliphatic heterocycles. The van der Waals surface area contributed by atoms with Gasteiger partial charge in [-0.3, -0.25) is 4.79 Å². The van der Waals surface area contributed by atoms with Crippen molar-refractivity contribution in [1.82, 2.24) is 9.97 Å². The number of H-pyrrole nitrogens is 1. The van der Waals surface area contributed by atoms with Crippen molar-refractivity contribution in [2.45, 2.75) is 24.5 Å². The van der Waals surface area contributed by atoms with Gasteiger partial charge in [-0.2, -0.15) is 0 Å². The second-order valence-electron chi connectivity index (χ2n) is 5.79. The maximum atomic E-state index is 12.7. The van der Waals surface area contributed by atoms with E-state index in [0.717, 1.165) is 28.3 Å². The Morgan fingerprint density at radius 2 is 2.04 bits per heavy atom. The number of aromatic nitrogens is 2. The Hall–Kier alpha value is -2.27. The highest BCUT2D eigenvalue weighted by Crippen LogP contribution is 2.32. The van der Waals surface area contributed by atoms with Crippen LogP contribution in [0.3, 0.4) is 0 Å². The number of carbonyl (C=O) groups is 1. The lowest BCUT2D eigenvalue weighted by Gasteiger charge is -2.22.